The van der Waals surface area contributed by atoms with E-state index in [4.69, 9.17) is 126 Å². The third-order valence-electron chi connectivity index (χ3n) is 18.0. The molecular weight excluding hydrogens is 1940 g/mol. The van der Waals surface area contributed by atoms with Crippen molar-refractivity contribution in [2.45, 2.75) is 133 Å². The molecule has 0 N–H and O–H groups in total. The maximum atomic E-state index is 9.75. The van der Waals surface area contributed by atoms with Crippen molar-refractivity contribution in [2.24, 2.45) is 0 Å². The number of hydrogen-bond donors (Lipinski definition) is 0. The molecule has 8 aromatic rings. The topological polar surface area (TPSA) is 111 Å². The Morgan fingerprint density at radius 1 is 0.217 bits per heavy atom. The Labute approximate surface area is 763 Å². The van der Waals surface area contributed by atoms with Crippen molar-refractivity contribution in [2.75, 3.05) is 56.9 Å². The minimum atomic E-state index is -6.00. The van der Waals surface area contributed by atoms with Gasteiger partial charge >= 0.3 is 14.5 Å². The van der Waals surface area contributed by atoms with Gasteiger partial charge in [-0.1, -0.05) is 264 Å². The third kappa shape index (κ3) is 41.5. The maximum Gasteiger partial charge on any atom is 0.673 e. The molecule has 2 saturated carbocycles. The summed E-state index contributed by atoms with van der Waals surface area (Å²) in [6, 6.07) is 83.1. The number of halogens is 14. The van der Waals surface area contributed by atoms with Crippen molar-refractivity contribution in [1.82, 2.24) is 0 Å². The molecule has 0 heterocycles. The van der Waals surface area contributed by atoms with Gasteiger partial charge in [-0.15, -0.1) is 0 Å². The molecule has 662 valence electrons. The minimum absolute atomic E-state index is 0. The van der Waals surface area contributed by atoms with E-state index in [9.17, 15) is 34.5 Å². The van der Waals surface area contributed by atoms with Crippen molar-refractivity contribution in [1.29, 1.82) is 0 Å². The van der Waals surface area contributed by atoms with Crippen LogP contribution in [0.4, 0.5) is 34.5 Å². The van der Waals surface area contributed by atoms with Crippen LogP contribution in [0.1, 0.15) is 51.4 Å². The number of alkyl halides is 6. The van der Waals surface area contributed by atoms with Gasteiger partial charge < -0.3 is 72.4 Å². The van der Waals surface area contributed by atoms with Gasteiger partial charge in [0.15, 0.2) is 65.6 Å². The van der Waals surface area contributed by atoms with Gasteiger partial charge in [0.05, 0.1) is 0 Å². The summed E-state index contributed by atoms with van der Waals surface area (Å²) in [4.78, 5) is 0. The second-order valence-corrected chi connectivity index (χ2v) is 38.0. The predicted octanol–water partition coefficient (Wildman–Crippen LogP) is 20.7. The Balaban J connectivity index is 0.000000440. The third-order valence-corrected chi connectivity index (χ3v) is 26.9. The molecule has 4 aliphatic rings. The molecular formula is C86H106B2Cl6F8O12P4Rh2+2. The van der Waals surface area contributed by atoms with E-state index in [1.807, 2.05) is 48.5 Å². The molecule has 0 unspecified atom stereocenters. The van der Waals surface area contributed by atoms with E-state index in [0.717, 1.165) is 42.4 Å². The van der Waals surface area contributed by atoms with E-state index < -0.39 is 129 Å². The van der Waals surface area contributed by atoms with Crippen LogP contribution in [-0.4, -0.2) is 153 Å². The van der Waals surface area contributed by atoms with Gasteiger partial charge in [-0.25, -0.2) is 18.1 Å². The van der Waals surface area contributed by atoms with Crippen LogP contribution in [0.15, 0.2) is 291 Å². The zero-order valence-corrected chi connectivity index (χ0v) is 79.3. The van der Waals surface area contributed by atoms with Crippen LogP contribution >= 0.6 is 102 Å². The van der Waals surface area contributed by atoms with Crippen LogP contribution in [0.2, 0.25) is 0 Å². The Morgan fingerprint density at radius 3 is 0.400 bits per heavy atom. The van der Waals surface area contributed by atoms with Crippen LogP contribution in [0, 0.1) is 0 Å². The minimum Gasteiger partial charge on any atom is -0.418 e. The van der Waals surface area contributed by atoms with Crippen LogP contribution in [0.25, 0.3) is 0 Å². The fraction of sp³-hybridized carbons (Fsp3) is 0.349. The first-order chi connectivity index (χ1) is 56.9. The standard InChI is InChI=1S/2C34H38O6P2.2C8H12.2CHCl3.2BF4.2Rh/c2*1-35-29-30(36-2)32(38-4)34(40-42(27-21-13-7-14-22-27)28-23-15-8-16-24-28)33(31(29)37-3)39-41(25-17-9-5-10-18-25)26-19-11-6-12-20-26;2*1-2-4-6-8-7-5-3-1;2*2-1(3)4;2*2-1(3,4)5;;/h2*5-24,29-34H,1-4H3;2*1-2,7-8H,3-6H2;2*1H;;;;/q;;;;;;2*-1;;/p+4/b;;2*2-1-,8-7-;;;;;;/t2*29-,30-,31-,32-,33+,34+;;;;;;;;/m11......../s1. The van der Waals surface area contributed by atoms with Gasteiger partial charge in [0, 0.05) is 95.8 Å². The maximum absolute atomic E-state index is 9.75. The molecule has 34 heteroatoms. The summed E-state index contributed by atoms with van der Waals surface area (Å²) in [6.07, 6.45) is 22.3. The first-order valence-electron chi connectivity index (χ1n) is 37.9. The quantitative estimate of drug-likeness (QED) is 0.0189. The van der Waals surface area contributed by atoms with Gasteiger partial charge in [-0.05, 0) is 148 Å². The number of methoxy groups -OCH3 is 8. The molecule has 2 radical (unpaired) electrons. The molecule has 120 heavy (non-hydrogen) atoms. The molecule has 0 bridgehead atoms. The molecule has 8 aromatic carbocycles. The number of allylic oxidation sites excluding steroid dienone is 8. The Kier molecular flexibility index (Phi) is 58.5. The van der Waals surface area contributed by atoms with E-state index in [2.05, 4.69) is 243 Å². The number of ether oxygens (including phenoxy) is 8. The molecule has 0 aliphatic heterocycles. The largest absolute Gasteiger partial charge is 0.673 e. The molecule has 0 amide bonds. The van der Waals surface area contributed by atoms with Gasteiger partial charge in [-0.2, -0.15) is 0 Å². The Bertz CT molecular complexity index is 3320. The van der Waals surface area contributed by atoms with E-state index >= 15 is 0 Å². The van der Waals surface area contributed by atoms with Gasteiger partial charge in [0.25, 0.3) is 0 Å². The second-order valence-electron chi connectivity index (χ2n) is 25.9. The van der Waals surface area contributed by atoms with Crippen molar-refractivity contribution in [3.8, 4) is 0 Å². The first-order valence-corrected chi connectivity index (χ1v) is 46.1. The summed E-state index contributed by atoms with van der Waals surface area (Å²) < 4.78 is 154. The predicted molar refractivity (Wildman–Crippen MR) is 484 cm³/mol. The number of rotatable bonds is 24. The summed E-state index contributed by atoms with van der Waals surface area (Å²) in [5, 5.41) is 9.08. The smallest absolute Gasteiger partial charge is 0.418 e. The zero-order chi connectivity index (χ0) is 86.1. The van der Waals surface area contributed by atoms with Gasteiger partial charge in [-0.3, -0.25) is 0 Å². The molecule has 0 spiro atoms. The number of hydrogen-bond acceptors (Lipinski definition) is 12. The molecule has 0 aromatic heterocycles. The summed E-state index contributed by atoms with van der Waals surface area (Å²) in [6.45, 7) is 0. The van der Waals surface area contributed by atoms with E-state index in [1.54, 1.807) is 56.9 Å². The molecule has 4 aliphatic carbocycles. The molecule has 2 fully saturated rings. The summed E-state index contributed by atoms with van der Waals surface area (Å²) in [7, 11) is -5.40. The van der Waals surface area contributed by atoms with E-state index in [-0.39, 0.29) is 39.0 Å². The Hall–Kier alpha value is -3.48. The molecule has 0 saturated heterocycles. The summed E-state index contributed by atoms with van der Waals surface area (Å²) in [5.41, 5.74) is 0. The van der Waals surface area contributed by atoms with Crippen molar-refractivity contribution >= 4 is 159 Å². The average molecular weight is 2050 g/mol. The fourth-order valence-electron chi connectivity index (χ4n) is 13.1. The number of benzene rings is 8. The zero-order valence-electron chi connectivity index (χ0n) is 67.5. The molecule has 12 nitrogen and oxygen atoms in total. The van der Waals surface area contributed by atoms with E-state index in [1.165, 1.54) is 51.4 Å². The normalized spacial score (nSPS) is 22.3. The van der Waals surface area contributed by atoms with E-state index in [0.29, 0.717) is 0 Å². The SMILES string of the molecule is C1=C\CC/C=C\CC/1.C1=C\CC/C=C\CC/1.CO[C@@H]1[C@@H](OC)[C@@H](OC)[C@H](O[PH+](c2ccccc2)c2ccccc2)[C@@H](O[PH+](c2ccccc2)c2ccccc2)[C@@H]1OC.CO[C@@H]1[C@@H](OC)[C@@H](OC)[C@H](O[PH+](c2ccccc2)c2ccccc2)[C@@H](O[PH+](c2ccccc2)c2ccccc2)[C@@H]1OC.ClC(Cl)Cl.ClC(Cl)Cl.F[B-](F)(F)F.F[B-](F)(F)F.[Rh].[Rh]. The monoisotopic (exact) mass is 2040 g/mol. The van der Waals surface area contributed by atoms with Crippen LogP contribution in [0.3, 0.4) is 0 Å². The summed E-state index contributed by atoms with van der Waals surface area (Å²) in [5.74, 6) is 0. The summed E-state index contributed by atoms with van der Waals surface area (Å²) >= 11 is 28.8. The van der Waals surface area contributed by atoms with Crippen molar-refractivity contribution < 1.29 is 129 Å². The first kappa shape index (κ1) is 111. The average Bonchev–Trinajstić information content (AvgIpc) is 0.762. The van der Waals surface area contributed by atoms with Crippen molar-refractivity contribution in [3.05, 3.63) is 291 Å². The molecule has 12 atom stereocenters. The molecule has 12 rings (SSSR count). The van der Waals surface area contributed by atoms with Crippen molar-refractivity contribution in [3.63, 3.8) is 0 Å². The Morgan fingerprint density at radius 2 is 0.308 bits per heavy atom. The second kappa shape index (κ2) is 63.4. The van der Waals surface area contributed by atoms with Gasteiger partial charge in [0.1, 0.15) is 91.3 Å². The van der Waals surface area contributed by atoms with Crippen LogP contribution in [-0.2, 0) is 94.9 Å². The fourth-order valence-corrected chi connectivity index (χ4v) is 21.7. The van der Waals surface area contributed by atoms with Crippen LogP contribution < -0.4 is 42.4 Å². The van der Waals surface area contributed by atoms with Gasteiger partial charge in [0.2, 0.25) is 0 Å². The van der Waals surface area contributed by atoms with Crippen LogP contribution in [0.5, 0.6) is 0 Å².